The first kappa shape index (κ1) is 16.3. The maximum absolute atomic E-state index is 12.3. The standard InChI is InChI=1S/C18H13Cl2N3O/c19-12-4-3-5-13(10-12)22-14-8-9-21-17(11-14)18(24)23-16-7-2-1-6-15(16)20/h1-11H,(H,21,22)(H,23,24). The van der Waals surface area contributed by atoms with Crippen molar-refractivity contribution in [1.29, 1.82) is 0 Å². The van der Waals surface area contributed by atoms with E-state index >= 15 is 0 Å². The number of amides is 1. The molecule has 2 N–H and O–H groups in total. The van der Waals surface area contributed by atoms with E-state index in [0.29, 0.717) is 15.7 Å². The molecule has 3 rings (SSSR count). The number of pyridine rings is 1. The highest BCUT2D eigenvalue weighted by atomic mass is 35.5. The fourth-order valence-electron chi connectivity index (χ4n) is 2.11. The predicted molar refractivity (Wildman–Crippen MR) is 98.4 cm³/mol. The molecule has 2 aromatic carbocycles. The molecule has 0 fully saturated rings. The zero-order valence-electron chi connectivity index (χ0n) is 12.5. The number of para-hydroxylation sites is 1. The lowest BCUT2D eigenvalue weighted by molar-refractivity contribution is 0.102. The van der Waals surface area contributed by atoms with Crippen LogP contribution in [0.3, 0.4) is 0 Å². The van der Waals surface area contributed by atoms with E-state index in [4.69, 9.17) is 23.2 Å². The van der Waals surface area contributed by atoms with Gasteiger partial charge < -0.3 is 10.6 Å². The molecular weight excluding hydrogens is 345 g/mol. The summed E-state index contributed by atoms with van der Waals surface area (Å²) in [6.45, 7) is 0. The lowest BCUT2D eigenvalue weighted by Crippen LogP contribution is -2.14. The summed E-state index contributed by atoms with van der Waals surface area (Å²) >= 11 is 12.0. The average Bonchev–Trinajstić information content (AvgIpc) is 2.57. The molecule has 0 aliphatic carbocycles. The largest absolute Gasteiger partial charge is 0.355 e. The van der Waals surface area contributed by atoms with Crippen molar-refractivity contribution in [2.24, 2.45) is 0 Å². The van der Waals surface area contributed by atoms with Crippen LogP contribution >= 0.6 is 23.2 Å². The maximum Gasteiger partial charge on any atom is 0.274 e. The molecule has 0 bridgehead atoms. The molecule has 0 spiro atoms. The van der Waals surface area contributed by atoms with Gasteiger partial charge in [0.2, 0.25) is 0 Å². The second kappa shape index (κ2) is 7.34. The molecule has 1 amide bonds. The van der Waals surface area contributed by atoms with Crippen LogP contribution < -0.4 is 10.6 Å². The van der Waals surface area contributed by atoms with Gasteiger partial charge in [-0.05, 0) is 42.5 Å². The van der Waals surface area contributed by atoms with Crippen molar-refractivity contribution >= 4 is 46.2 Å². The summed E-state index contributed by atoms with van der Waals surface area (Å²) in [7, 11) is 0. The molecule has 4 nitrogen and oxygen atoms in total. The van der Waals surface area contributed by atoms with Crippen LogP contribution in [-0.2, 0) is 0 Å². The second-order valence-electron chi connectivity index (χ2n) is 5.00. The number of hydrogen-bond acceptors (Lipinski definition) is 3. The van der Waals surface area contributed by atoms with Gasteiger partial charge in [-0.1, -0.05) is 41.4 Å². The third-order valence-corrected chi connectivity index (χ3v) is 3.79. The molecule has 120 valence electrons. The molecule has 0 saturated heterocycles. The van der Waals surface area contributed by atoms with E-state index in [1.54, 1.807) is 54.7 Å². The molecule has 0 aliphatic rings. The maximum atomic E-state index is 12.3. The van der Waals surface area contributed by atoms with Gasteiger partial charge in [-0.3, -0.25) is 9.78 Å². The van der Waals surface area contributed by atoms with Crippen LogP contribution in [0.25, 0.3) is 0 Å². The Labute approximate surface area is 149 Å². The number of rotatable bonds is 4. The van der Waals surface area contributed by atoms with Gasteiger partial charge in [0.15, 0.2) is 0 Å². The molecule has 0 aliphatic heterocycles. The molecule has 3 aromatic rings. The Hall–Kier alpha value is -2.56. The fourth-order valence-corrected chi connectivity index (χ4v) is 2.49. The molecule has 1 heterocycles. The number of nitrogens with zero attached hydrogens (tertiary/aromatic N) is 1. The van der Waals surface area contributed by atoms with Gasteiger partial charge in [0.05, 0.1) is 10.7 Å². The SMILES string of the molecule is O=C(Nc1ccccc1Cl)c1cc(Nc2cccc(Cl)c2)ccn1. The number of aromatic nitrogens is 1. The monoisotopic (exact) mass is 357 g/mol. The van der Waals surface area contributed by atoms with Gasteiger partial charge in [0.25, 0.3) is 5.91 Å². The minimum Gasteiger partial charge on any atom is -0.355 e. The Morgan fingerprint density at radius 3 is 2.50 bits per heavy atom. The molecule has 0 atom stereocenters. The average molecular weight is 358 g/mol. The first-order chi connectivity index (χ1) is 11.6. The van der Waals surface area contributed by atoms with Crippen LogP contribution in [0.15, 0.2) is 66.9 Å². The van der Waals surface area contributed by atoms with E-state index in [-0.39, 0.29) is 11.6 Å². The number of carbonyl (C=O) groups is 1. The third-order valence-electron chi connectivity index (χ3n) is 3.23. The quantitative estimate of drug-likeness (QED) is 0.658. The number of halogens is 2. The second-order valence-corrected chi connectivity index (χ2v) is 5.84. The van der Waals surface area contributed by atoms with Crippen LogP contribution in [0.2, 0.25) is 10.0 Å². The summed E-state index contributed by atoms with van der Waals surface area (Å²) in [5.74, 6) is -0.335. The van der Waals surface area contributed by atoms with E-state index in [2.05, 4.69) is 15.6 Å². The summed E-state index contributed by atoms with van der Waals surface area (Å²) < 4.78 is 0. The van der Waals surface area contributed by atoms with Gasteiger partial charge in [-0.2, -0.15) is 0 Å². The van der Waals surface area contributed by atoms with Crippen molar-refractivity contribution in [3.8, 4) is 0 Å². The van der Waals surface area contributed by atoms with Crippen molar-refractivity contribution in [3.05, 3.63) is 82.6 Å². The summed E-state index contributed by atoms with van der Waals surface area (Å²) in [6.07, 6.45) is 1.56. The van der Waals surface area contributed by atoms with Crippen molar-refractivity contribution in [2.45, 2.75) is 0 Å². The van der Waals surface area contributed by atoms with Crippen LogP contribution in [0.5, 0.6) is 0 Å². The zero-order chi connectivity index (χ0) is 16.9. The minimum atomic E-state index is -0.335. The van der Waals surface area contributed by atoms with Crippen LogP contribution in [0, 0.1) is 0 Å². The number of anilines is 3. The molecule has 0 saturated carbocycles. The smallest absolute Gasteiger partial charge is 0.274 e. The van der Waals surface area contributed by atoms with Crippen molar-refractivity contribution in [3.63, 3.8) is 0 Å². The molecule has 0 unspecified atom stereocenters. The van der Waals surface area contributed by atoms with Crippen LogP contribution in [0.4, 0.5) is 17.1 Å². The van der Waals surface area contributed by atoms with E-state index < -0.39 is 0 Å². The van der Waals surface area contributed by atoms with Crippen molar-refractivity contribution < 1.29 is 4.79 Å². The highest BCUT2D eigenvalue weighted by Gasteiger charge is 2.10. The number of benzene rings is 2. The molecule has 1 aromatic heterocycles. The first-order valence-electron chi connectivity index (χ1n) is 7.16. The molecule has 6 heteroatoms. The summed E-state index contributed by atoms with van der Waals surface area (Å²) in [5.41, 5.74) is 2.38. The third kappa shape index (κ3) is 4.04. The summed E-state index contributed by atoms with van der Waals surface area (Å²) in [6, 6.07) is 17.8. The molecular formula is C18H13Cl2N3O. The number of carbonyl (C=O) groups excluding carboxylic acids is 1. The summed E-state index contributed by atoms with van der Waals surface area (Å²) in [4.78, 5) is 16.4. The van der Waals surface area contributed by atoms with Gasteiger partial charge in [0.1, 0.15) is 5.69 Å². The number of nitrogens with one attached hydrogen (secondary N) is 2. The normalized spacial score (nSPS) is 10.2. The van der Waals surface area contributed by atoms with Gasteiger partial charge in [-0.15, -0.1) is 0 Å². The van der Waals surface area contributed by atoms with Crippen molar-refractivity contribution in [1.82, 2.24) is 4.98 Å². The van der Waals surface area contributed by atoms with E-state index in [9.17, 15) is 4.79 Å². The first-order valence-corrected chi connectivity index (χ1v) is 7.92. The van der Waals surface area contributed by atoms with Crippen molar-refractivity contribution in [2.75, 3.05) is 10.6 Å². The van der Waals surface area contributed by atoms with Gasteiger partial charge >= 0.3 is 0 Å². The topological polar surface area (TPSA) is 54.0 Å². The highest BCUT2D eigenvalue weighted by molar-refractivity contribution is 6.33. The Morgan fingerprint density at radius 2 is 1.71 bits per heavy atom. The Balaban J connectivity index is 1.77. The van der Waals surface area contributed by atoms with Gasteiger partial charge in [-0.25, -0.2) is 0 Å². The molecule has 24 heavy (non-hydrogen) atoms. The molecule has 0 radical (unpaired) electrons. The van der Waals surface area contributed by atoms with E-state index in [0.717, 1.165) is 11.4 Å². The highest BCUT2D eigenvalue weighted by Crippen LogP contribution is 2.22. The Morgan fingerprint density at radius 1 is 0.917 bits per heavy atom. The zero-order valence-corrected chi connectivity index (χ0v) is 14.0. The lowest BCUT2D eigenvalue weighted by atomic mass is 10.2. The summed E-state index contributed by atoms with van der Waals surface area (Å²) in [5, 5.41) is 7.03. The van der Waals surface area contributed by atoms with Crippen LogP contribution in [-0.4, -0.2) is 10.9 Å². The predicted octanol–water partition coefficient (Wildman–Crippen LogP) is 5.38. The minimum absolute atomic E-state index is 0.280. The van der Waals surface area contributed by atoms with Gasteiger partial charge in [0, 0.05) is 22.6 Å². The lowest BCUT2D eigenvalue weighted by Gasteiger charge is -2.09. The van der Waals surface area contributed by atoms with E-state index in [1.165, 1.54) is 0 Å². The van der Waals surface area contributed by atoms with Crippen LogP contribution in [0.1, 0.15) is 10.5 Å². The Kier molecular flexibility index (Phi) is 4.99. The van der Waals surface area contributed by atoms with E-state index in [1.807, 2.05) is 12.1 Å². The fraction of sp³-hybridized carbons (Fsp3) is 0. The Bertz CT molecular complexity index is 883. The number of hydrogen-bond donors (Lipinski definition) is 2.